The van der Waals surface area contributed by atoms with Crippen molar-refractivity contribution in [3.63, 3.8) is 0 Å². The molecular weight excluding hydrogens is 128 g/mol. The molecule has 3 heteroatoms. The van der Waals surface area contributed by atoms with Crippen LogP contribution < -0.4 is 18.9 Å². The number of hydrogen-bond donors (Lipinski definition) is 0. The van der Waals surface area contributed by atoms with Crippen LogP contribution in [0.25, 0.3) is 5.32 Å². The molecule has 0 saturated carbocycles. The van der Waals surface area contributed by atoms with E-state index in [2.05, 4.69) is 5.32 Å². The molecule has 0 saturated heterocycles. The fourth-order valence-electron chi connectivity index (χ4n) is 0.436. The average Bonchev–Trinajstić information content (AvgIpc) is 1.90. The van der Waals surface area contributed by atoms with Gasteiger partial charge in [0.1, 0.15) is 0 Å². The van der Waals surface area contributed by atoms with E-state index in [1.54, 1.807) is 12.4 Å². The van der Waals surface area contributed by atoms with E-state index in [0.717, 1.165) is 5.57 Å². The molecule has 0 aromatic heterocycles. The summed E-state index contributed by atoms with van der Waals surface area (Å²) in [6, 6.07) is 0. The number of hydrogen-bond acceptors (Lipinski definition) is 0. The first kappa shape index (κ1) is 8.91. The van der Waals surface area contributed by atoms with Crippen LogP contribution in [-0.2, 0) is 0 Å². The van der Waals surface area contributed by atoms with Crippen LogP contribution in [0.1, 0.15) is 0 Å². The molecular formula is C6H5ClLiN. The van der Waals surface area contributed by atoms with Crippen LogP contribution >= 0.6 is 11.6 Å². The second kappa shape index (κ2) is 4.76. The van der Waals surface area contributed by atoms with Gasteiger partial charge in [-0.15, -0.1) is 0 Å². The van der Waals surface area contributed by atoms with Gasteiger partial charge in [-0.3, -0.25) is 0 Å². The summed E-state index contributed by atoms with van der Waals surface area (Å²) in [6.07, 6.45) is 7.09. The van der Waals surface area contributed by atoms with Gasteiger partial charge in [0, 0.05) is 5.54 Å². The Bertz CT molecular complexity index is 146. The Balaban J connectivity index is 0.000000640. The molecule has 1 aliphatic heterocycles. The van der Waals surface area contributed by atoms with Crippen molar-refractivity contribution in [2.24, 2.45) is 0 Å². The second-order valence-electron chi connectivity index (χ2n) is 1.39. The van der Waals surface area contributed by atoms with E-state index in [1.807, 2.05) is 12.2 Å². The zero-order valence-corrected chi connectivity index (χ0v) is 5.97. The Kier molecular flexibility index (Phi) is 4.71. The third-order valence-electron chi connectivity index (χ3n) is 0.832. The van der Waals surface area contributed by atoms with Crippen LogP contribution in [0.4, 0.5) is 0 Å². The van der Waals surface area contributed by atoms with Gasteiger partial charge < -0.3 is 5.32 Å². The smallest absolute Gasteiger partial charge is 0.670 e. The van der Waals surface area contributed by atoms with E-state index in [-0.39, 0.29) is 18.9 Å². The van der Waals surface area contributed by atoms with Crippen LogP contribution in [0.15, 0.2) is 35.7 Å². The molecule has 0 fully saturated rings. The normalized spacial score (nSPS) is 14.1. The van der Waals surface area contributed by atoms with Crippen LogP contribution in [0.3, 0.4) is 0 Å². The van der Waals surface area contributed by atoms with E-state index in [1.165, 1.54) is 5.54 Å². The van der Waals surface area contributed by atoms with E-state index >= 15 is 0 Å². The van der Waals surface area contributed by atoms with Crippen molar-refractivity contribution >= 4 is 11.6 Å². The molecule has 0 aliphatic carbocycles. The first-order valence-electron chi connectivity index (χ1n) is 2.27. The Labute approximate surface area is 71.6 Å². The third kappa shape index (κ3) is 2.81. The maximum Gasteiger partial charge on any atom is 1.00 e. The van der Waals surface area contributed by atoms with Crippen molar-refractivity contribution in [3.8, 4) is 0 Å². The summed E-state index contributed by atoms with van der Waals surface area (Å²) in [5.74, 6) is 0. The number of allylic oxidation sites excluding steroid dienone is 3. The van der Waals surface area contributed by atoms with Gasteiger partial charge in [0.2, 0.25) is 0 Å². The first-order chi connectivity index (χ1) is 3.93. The largest absolute Gasteiger partial charge is 1.00 e. The van der Waals surface area contributed by atoms with Crippen molar-refractivity contribution in [2.75, 3.05) is 0 Å². The minimum absolute atomic E-state index is 0. The Hall–Kier alpha value is -0.0926. The molecule has 1 aliphatic rings. The van der Waals surface area contributed by atoms with Gasteiger partial charge in [-0.05, 0) is 5.57 Å². The van der Waals surface area contributed by atoms with E-state index < -0.39 is 0 Å². The molecule has 0 spiro atoms. The number of nitrogens with zero attached hydrogens (tertiary/aromatic N) is 1. The molecule has 0 radical (unpaired) electrons. The van der Waals surface area contributed by atoms with Crippen LogP contribution in [0, 0.1) is 0 Å². The van der Waals surface area contributed by atoms with Gasteiger partial charge in [0.25, 0.3) is 0 Å². The van der Waals surface area contributed by atoms with Crippen molar-refractivity contribution < 1.29 is 18.9 Å². The molecule has 42 valence electrons. The molecule has 0 N–H and O–H groups in total. The zero-order chi connectivity index (χ0) is 5.82. The average molecular weight is 134 g/mol. The quantitative estimate of drug-likeness (QED) is 0.397. The summed E-state index contributed by atoms with van der Waals surface area (Å²) in [6.45, 7) is 0. The molecule has 0 atom stereocenters. The van der Waals surface area contributed by atoms with Crippen LogP contribution in [0.5, 0.6) is 0 Å². The van der Waals surface area contributed by atoms with E-state index in [0.29, 0.717) is 0 Å². The monoisotopic (exact) mass is 133 g/mol. The predicted octanol–water partition coefficient (Wildman–Crippen LogP) is -0.472. The first-order valence-corrected chi connectivity index (χ1v) is 2.70. The van der Waals surface area contributed by atoms with Crippen LogP contribution in [-0.4, -0.2) is 0 Å². The van der Waals surface area contributed by atoms with Crippen molar-refractivity contribution in [1.82, 2.24) is 0 Å². The van der Waals surface area contributed by atoms with Gasteiger partial charge in [0.05, 0.1) is 0 Å². The Morgan fingerprint density at radius 2 is 1.89 bits per heavy atom. The van der Waals surface area contributed by atoms with Gasteiger partial charge >= 0.3 is 18.9 Å². The number of halogens is 1. The standard InChI is InChI=1S/C6H5ClN.Li/c7-5-6-1-3-8-4-2-6;/h1-5H;/q-1;+1. The summed E-state index contributed by atoms with van der Waals surface area (Å²) < 4.78 is 0. The van der Waals surface area contributed by atoms with Crippen molar-refractivity contribution in [3.05, 3.63) is 41.0 Å². The third-order valence-corrected chi connectivity index (χ3v) is 1.08. The fraction of sp³-hybridized carbons (Fsp3) is 0. The van der Waals surface area contributed by atoms with Crippen molar-refractivity contribution in [1.29, 1.82) is 0 Å². The minimum Gasteiger partial charge on any atom is -0.670 e. The molecule has 0 amide bonds. The molecule has 1 nitrogen and oxygen atoms in total. The van der Waals surface area contributed by atoms with Crippen molar-refractivity contribution in [2.45, 2.75) is 0 Å². The molecule has 0 bridgehead atoms. The predicted molar refractivity (Wildman–Crippen MR) is 35.6 cm³/mol. The Morgan fingerprint density at radius 1 is 1.33 bits per heavy atom. The summed E-state index contributed by atoms with van der Waals surface area (Å²) in [5.41, 5.74) is 2.50. The minimum atomic E-state index is 0. The van der Waals surface area contributed by atoms with Gasteiger partial charge in [-0.2, -0.15) is 12.4 Å². The van der Waals surface area contributed by atoms with E-state index in [9.17, 15) is 0 Å². The molecule has 0 aromatic carbocycles. The molecule has 1 heterocycles. The van der Waals surface area contributed by atoms with Crippen LogP contribution in [0.2, 0.25) is 0 Å². The summed E-state index contributed by atoms with van der Waals surface area (Å²) >= 11 is 5.37. The van der Waals surface area contributed by atoms with Gasteiger partial charge in [-0.25, -0.2) is 0 Å². The van der Waals surface area contributed by atoms with Gasteiger partial charge in [0.15, 0.2) is 0 Å². The van der Waals surface area contributed by atoms with E-state index in [4.69, 9.17) is 11.6 Å². The maximum absolute atomic E-state index is 5.37. The van der Waals surface area contributed by atoms with Gasteiger partial charge in [-0.1, -0.05) is 23.8 Å². The molecule has 9 heavy (non-hydrogen) atoms. The molecule has 1 rings (SSSR count). The second-order valence-corrected chi connectivity index (χ2v) is 1.61. The Morgan fingerprint density at radius 3 is 2.22 bits per heavy atom. The summed E-state index contributed by atoms with van der Waals surface area (Å²) in [7, 11) is 0. The fourth-order valence-corrected chi connectivity index (χ4v) is 0.582. The summed E-state index contributed by atoms with van der Waals surface area (Å²) in [4.78, 5) is 0. The topological polar surface area (TPSA) is 14.1 Å². The molecule has 0 unspecified atom stereocenters. The molecule has 0 aromatic rings. The number of rotatable bonds is 0. The maximum atomic E-state index is 5.37. The summed E-state index contributed by atoms with van der Waals surface area (Å²) in [5, 5.41) is 3.81. The zero-order valence-electron chi connectivity index (χ0n) is 5.21. The SMILES string of the molecule is ClC=C1C=C[N-]C=C1.[Li+].